The summed E-state index contributed by atoms with van der Waals surface area (Å²) >= 11 is 2.86. The van der Waals surface area contributed by atoms with E-state index in [1.165, 1.54) is 0 Å². The Morgan fingerprint density at radius 3 is 2.88 bits per heavy atom. The van der Waals surface area contributed by atoms with Gasteiger partial charge in [-0.05, 0) is 0 Å². The Balaban J connectivity index is 2.97. The molecule has 1 radical (unpaired) electrons. The van der Waals surface area contributed by atoms with E-state index >= 15 is 0 Å². The van der Waals surface area contributed by atoms with Crippen molar-refractivity contribution in [3.8, 4) is 0 Å². The van der Waals surface area contributed by atoms with Gasteiger partial charge in [0, 0.05) is 5.33 Å². The van der Waals surface area contributed by atoms with Gasteiger partial charge < -0.3 is 4.74 Å². The highest BCUT2D eigenvalue weighted by atomic mass is 79.9. The molecule has 1 atom stereocenters. The van der Waals surface area contributed by atoms with Crippen LogP contribution in [0.2, 0.25) is 0 Å². The van der Waals surface area contributed by atoms with Crippen molar-refractivity contribution in [3.63, 3.8) is 0 Å². The fourth-order valence-corrected chi connectivity index (χ4v) is 0.356. The summed E-state index contributed by atoms with van der Waals surface area (Å²) in [5, 5.41) is 0.189. The second-order valence-electron chi connectivity index (χ2n) is 1.15. The molecule has 4 heteroatoms. The van der Waals surface area contributed by atoms with Gasteiger partial charge >= 0.3 is 6.47 Å². The average Bonchev–Trinajstić information content (AvgIpc) is 1.83. The molecule has 0 spiro atoms. The van der Waals surface area contributed by atoms with Gasteiger partial charge in [-0.15, -0.1) is 0 Å². The van der Waals surface area contributed by atoms with Crippen LogP contribution in [0.4, 0.5) is 4.39 Å². The maximum atomic E-state index is 12.0. The molecule has 0 aliphatic rings. The van der Waals surface area contributed by atoms with Crippen molar-refractivity contribution < 1.29 is 13.9 Å². The zero-order valence-electron chi connectivity index (χ0n) is 4.06. The van der Waals surface area contributed by atoms with Gasteiger partial charge in [0.25, 0.3) is 0 Å². The van der Waals surface area contributed by atoms with E-state index in [1.807, 2.05) is 0 Å². The Labute approximate surface area is 55.1 Å². The topological polar surface area (TPSA) is 26.3 Å². The quantitative estimate of drug-likeness (QED) is 0.604. The number of hydrogen-bond acceptors (Lipinski definition) is 2. The van der Waals surface area contributed by atoms with Crippen molar-refractivity contribution in [2.24, 2.45) is 0 Å². The Hall–Kier alpha value is -0.120. The lowest BCUT2D eigenvalue weighted by molar-refractivity contribution is 0.194. The minimum absolute atomic E-state index is 0.189. The second-order valence-corrected chi connectivity index (χ2v) is 1.79. The first-order chi connectivity index (χ1) is 3.81. The van der Waals surface area contributed by atoms with Crippen LogP contribution in [0.5, 0.6) is 0 Å². The van der Waals surface area contributed by atoms with Gasteiger partial charge in [-0.1, -0.05) is 15.9 Å². The highest BCUT2D eigenvalue weighted by Gasteiger charge is 2.02. The van der Waals surface area contributed by atoms with Crippen molar-refractivity contribution in [1.82, 2.24) is 0 Å². The number of rotatable bonds is 4. The highest BCUT2D eigenvalue weighted by molar-refractivity contribution is 9.09. The lowest BCUT2D eigenvalue weighted by Gasteiger charge is -1.98. The van der Waals surface area contributed by atoms with Gasteiger partial charge in [-0.25, -0.2) is 9.18 Å². The zero-order valence-corrected chi connectivity index (χ0v) is 5.65. The molecule has 0 saturated carbocycles. The third kappa shape index (κ3) is 4.05. The summed E-state index contributed by atoms with van der Waals surface area (Å²) in [6, 6.07) is 0. The largest absolute Gasteiger partial charge is 0.454 e. The lowest BCUT2D eigenvalue weighted by atomic mass is 10.5. The average molecular weight is 184 g/mol. The van der Waals surface area contributed by atoms with Gasteiger partial charge in [-0.3, -0.25) is 0 Å². The number of alkyl halides is 2. The fraction of sp³-hybridized carbons (Fsp3) is 0.750. The van der Waals surface area contributed by atoms with E-state index in [0.717, 1.165) is 6.47 Å². The normalized spacial score (nSPS) is 12.8. The molecule has 0 heterocycles. The molecule has 0 bridgehead atoms. The summed E-state index contributed by atoms with van der Waals surface area (Å²) in [5.74, 6) is 0. The molecule has 0 rings (SSSR count). The van der Waals surface area contributed by atoms with Crippen molar-refractivity contribution in [2.45, 2.75) is 6.17 Å². The van der Waals surface area contributed by atoms with Crippen LogP contribution < -0.4 is 0 Å². The van der Waals surface area contributed by atoms with Gasteiger partial charge in [-0.2, -0.15) is 0 Å². The number of halogens is 2. The number of ether oxygens (including phenoxy) is 1. The molecule has 47 valence electrons. The molecule has 2 nitrogen and oxygen atoms in total. The van der Waals surface area contributed by atoms with Crippen LogP contribution in [0, 0.1) is 0 Å². The third-order valence-electron chi connectivity index (χ3n) is 0.491. The van der Waals surface area contributed by atoms with E-state index in [4.69, 9.17) is 0 Å². The van der Waals surface area contributed by atoms with Gasteiger partial charge in [0.15, 0.2) is 0 Å². The molecule has 1 unspecified atom stereocenters. The van der Waals surface area contributed by atoms with Crippen molar-refractivity contribution in [2.75, 3.05) is 11.9 Å². The van der Waals surface area contributed by atoms with Crippen molar-refractivity contribution in [1.29, 1.82) is 0 Å². The Bertz CT molecular complexity index is 69.1. The molecule has 0 aliphatic heterocycles. The molecular formula is C4H5BrFO2. The van der Waals surface area contributed by atoms with Gasteiger partial charge in [0.1, 0.15) is 12.8 Å². The van der Waals surface area contributed by atoms with Crippen molar-refractivity contribution >= 4 is 22.4 Å². The maximum absolute atomic E-state index is 12.0. The Kier molecular flexibility index (Phi) is 4.95. The number of hydrogen-bond donors (Lipinski definition) is 0. The lowest BCUT2D eigenvalue weighted by Crippen LogP contribution is -2.10. The predicted octanol–water partition coefficient (Wildman–Crippen LogP) is 0.803. The standard InChI is InChI=1S/C4H5BrFO2/c5-1-4(6)2-8-3-7/h4H,1-2H2. The smallest absolute Gasteiger partial charge is 0.417 e. The molecule has 0 N–H and O–H groups in total. The minimum Gasteiger partial charge on any atom is -0.454 e. The molecule has 8 heavy (non-hydrogen) atoms. The van der Waals surface area contributed by atoms with Crippen LogP contribution in [0.1, 0.15) is 0 Å². The summed E-state index contributed by atoms with van der Waals surface area (Å²) in [4.78, 5) is 9.30. The van der Waals surface area contributed by atoms with E-state index in [9.17, 15) is 9.18 Å². The molecule has 0 aliphatic carbocycles. The van der Waals surface area contributed by atoms with Crippen LogP contribution in [0.25, 0.3) is 0 Å². The third-order valence-corrected chi connectivity index (χ3v) is 1.19. The van der Waals surface area contributed by atoms with Crippen LogP contribution in [-0.4, -0.2) is 24.6 Å². The molecule has 0 aromatic heterocycles. The van der Waals surface area contributed by atoms with E-state index < -0.39 is 6.17 Å². The molecule has 0 aromatic carbocycles. The highest BCUT2D eigenvalue weighted by Crippen LogP contribution is 1.94. The van der Waals surface area contributed by atoms with E-state index in [-0.39, 0.29) is 11.9 Å². The zero-order chi connectivity index (χ0) is 6.41. The van der Waals surface area contributed by atoms with E-state index in [2.05, 4.69) is 20.7 Å². The molecular weight excluding hydrogens is 179 g/mol. The number of carbonyl (C=O) groups excluding carboxylic acids is 1. The molecule has 0 saturated heterocycles. The minimum atomic E-state index is -1.11. The van der Waals surface area contributed by atoms with Crippen LogP contribution in [0.3, 0.4) is 0 Å². The fourth-order valence-electron chi connectivity index (χ4n) is 0.169. The van der Waals surface area contributed by atoms with Crippen LogP contribution in [-0.2, 0) is 9.53 Å². The summed E-state index contributed by atoms with van der Waals surface area (Å²) < 4.78 is 15.9. The first kappa shape index (κ1) is 7.88. The molecule has 0 aromatic rings. The molecule has 0 fully saturated rings. The Morgan fingerprint density at radius 2 is 2.50 bits per heavy atom. The van der Waals surface area contributed by atoms with Crippen LogP contribution >= 0.6 is 15.9 Å². The predicted molar refractivity (Wildman–Crippen MR) is 30.3 cm³/mol. The summed E-state index contributed by atoms with van der Waals surface area (Å²) in [6.45, 7) is 0.909. The summed E-state index contributed by atoms with van der Waals surface area (Å²) in [6.07, 6.45) is -1.11. The van der Waals surface area contributed by atoms with Gasteiger partial charge in [0.05, 0.1) is 0 Å². The van der Waals surface area contributed by atoms with E-state index in [0.29, 0.717) is 0 Å². The van der Waals surface area contributed by atoms with Crippen LogP contribution in [0.15, 0.2) is 0 Å². The monoisotopic (exact) mass is 183 g/mol. The van der Waals surface area contributed by atoms with Crippen molar-refractivity contribution in [3.05, 3.63) is 0 Å². The van der Waals surface area contributed by atoms with Gasteiger partial charge in [0.2, 0.25) is 0 Å². The SMILES string of the molecule is O=[C]OCC(F)CBr. The van der Waals surface area contributed by atoms with E-state index in [1.54, 1.807) is 0 Å². The first-order valence-electron chi connectivity index (χ1n) is 2.00. The first-order valence-corrected chi connectivity index (χ1v) is 3.12. The summed E-state index contributed by atoms with van der Waals surface area (Å²) in [5.41, 5.74) is 0. The molecule has 0 amide bonds. The second kappa shape index (κ2) is 5.03. The maximum Gasteiger partial charge on any atom is 0.417 e. The summed E-state index contributed by atoms with van der Waals surface area (Å²) in [7, 11) is 0. The Morgan fingerprint density at radius 1 is 1.88 bits per heavy atom.